The van der Waals surface area contributed by atoms with Crippen LogP contribution in [0.5, 0.6) is 0 Å². The molecule has 0 aromatic heterocycles. The Morgan fingerprint density at radius 1 is 1.64 bits per heavy atom. The molecule has 0 unspecified atom stereocenters. The molecule has 0 radical (unpaired) electrons. The first kappa shape index (κ1) is 10.2. The summed E-state index contributed by atoms with van der Waals surface area (Å²) in [5.74, 6) is 1.23. The molecule has 60 valence electrons. The molecule has 1 N–H and O–H groups in total. The lowest BCUT2D eigenvalue weighted by atomic mass is 10.6. The number of esters is 1. The largest absolute Gasteiger partial charge is 0.468 e. The van der Waals surface area contributed by atoms with E-state index in [0.717, 1.165) is 0 Å². The van der Waals surface area contributed by atoms with Crippen LogP contribution in [0.3, 0.4) is 0 Å². The Morgan fingerprint density at radius 3 is 2.73 bits per heavy atom. The van der Waals surface area contributed by atoms with E-state index >= 15 is 0 Å². The minimum Gasteiger partial charge on any atom is -0.468 e. The standard InChI is InChI=1S/C6H6INO3/c1-11-6(10)4-8-5(9)2-3-7/h4H2,1H3,(H,8,9). The molecule has 0 aromatic rings. The minimum absolute atomic E-state index is 0.138. The Kier molecular flexibility index (Phi) is 5.56. The summed E-state index contributed by atoms with van der Waals surface area (Å²) in [5.41, 5.74) is 0. The Morgan fingerprint density at radius 2 is 2.27 bits per heavy atom. The van der Waals surface area contributed by atoms with Crippen LogP contribution < -0.4 is 5.32 Å². The fraction of sp³-hybridized carbons (Fsp3) is 0.333. The summed E-state index contributed by atoms with van der Waals surface area (Å²) in [5, 5.41) is 2.24. The number of carbonyl (C=O) groups is 2. The Hall–Kier alpha value is -0.770. The van der Waals surface area contributed by atoms with Crippen molar-refractivity contribution in [1.29, 1.82) is 0 Å². The monoisotopic (exact) mass is 267 g/mol. The molecule has 0 saturated heterocycles. The quantitative estimate of drug-likeness (QED) is 0.423. The Labute approximate surface area is 77.8 Å². The van der Waals surface area contributed by atoms with Gasteiger partial charge in [-0.05, 0) is 3.93 Å². The van der Waals surface area contributed by atoms with Gasteiger partial charge in [-0.25, -0.2) is 0 Å². The number of halogens is 1. The maximum atomic E-state index is 10.6. The van der Waals surface area contributed by atoms with Gasteiger partial charge in [-0.2, -0.15) is 0 Å². The summed E-state index contributed by atoms with van der Waals surface area (Å²) in [6.07, 6.45) is 0. The number of methoxy groups -OCH3 is 1. The van der Waals surface area contributed by atoms with Gasteiger partial charge in [0.05, 0.1) is 7.11 Å². The molecule has 0 aliphatic heterocycles. The van der Waals surface area contributed by atoms with Crippen LogP contribution in [0.1, 0.15) is 0 Å². The molecular formula is C6H6INO3. The summed E-state index contributed by atoms with van der Waals surface area (Å²) in [6.45, 7) is -0.138. The van der Waals surface area contributed by atoms with Crippen LogP contribution in [0, 0.1) is 9.85 Å². The highest BCUT2D eigenvalue weighted by Crippen LogP contribution is 1.72. The minimum atomic E-state index is -0.492. The number of carbonyl (C=O) groups excluding carboxylic acids is 2. The van der Waals surface area contributed by atoms with Crippen molar-refractivity contribution in [3.63, 3.8) is 0 Å². The van der Waals surface area contributed by atoms with Gasteiger partial charge < -0.3 is 10.1 Å². The second kappa shape index (κ2) is 5.97. The number of hydrogen-bond acceptors (Lipinski definition) is 3. The zero-order valence-electron chi connectivity index (χ0n) is 5.81. The molecule has 0 rings (SSSR count). The average Bonchev–Trinajstić information content (AvgIpc) is 2.01. The van der Waals surface area contributed by atoms with Gasteiger partial charge in [-0.3, -0.25) is 9.59 Å². The summed E-state index contributed by atoms with van der Waals surface area (Å²) < 4.78 is 6.64. The van der Waals surface area contributed by atoms with Crippen LogP contribution in [0.15, 0.2) is 0 Å². The molecule has 0 spiro atoms. The van der Waals surface area contributed by atoms with E-state index in [4.69, 9.17) is 0 Å². The maximum Gasteiger partial charge on any atom is 0.325 e. The molecule has 0 bridgehead atoms. The van der Waals surface area contributed by atoms with Gasteiger partial charge in [0.15, 0.2) is 0 Å². The lowest BCUT2D eigenvalue weighted by Gasteiger charge is -1.97. The number of rotatable bonds is 2. The molecule has 0 aromatic carbocycles. The fourth-order valence-electron chi connectivity index (χ4n) is 0.312. The molecule has 0 atom stereocenters. The van der Waals surface area contributed by atoms with Crippen molar-refractivity contribution in [3.8, 4) is 9.85 Å². The van der Waals surface area contributed by atoms with Gasteiger partial charge in [0.25, 0.3) is 5.91 Å². The molecule has 5 heteroatoms. The first-order valence-corrected chi connectivity index (χ1v) is 3.75. The van der Waals surface area contributed by atoms with Crippen molar-refractivity contribution in [2.75, 3.05) is 13.7 Å². The van der Waals surface area contributed by atoms with Crippen LogP contribution in [-0.2, 0) is 14.3 Å². The van der Waals surface area contributed by atoms with Crippen molar-refractivity contribution >= 4 is 34.5 Å². The third-order valence-corrected chi connectivity index (χ3v) is 1.05. The van der Waals surface area contributed by atoms with Crippen LogP contribution in [0.25, 0.3) is 0 Å². The first-order chi connectivity index (χ1) is 5.20. The molecule has 0 aliphatic rings. The predicted octanol–water partition coefficient (Wildman–Crippen LogP) is -0.329. The second-order valence-electron chi connectivity index (χ2n) is 1.48. The summed E-state index contributed by atoms with van der Waals surface area (Å²) >= 11 is 1.73. The lowest BCUT2D eigenvalue weighted by Crippen LogP contribution is -2.28. The first-order valence-electron chi connectivity index (χ1n) is 2.67. The topological polar surface area (TPSA) is 55.4 Å². The molecular weight excluding hydrogens is 261 g/mol. The SMILES string of the molecule is COC(=O)CNC(=O)C#CI. The van der Waals surface area contributed by atoms with Crippen molar-refractivity contribution in [1.82, 2.24) is 5.32 Å². The van der Waals surface area contributed by atoms with Crippen LogP contribution in [0.4, 0.5) is 0 Å². The van der Waals surface area contributed by atoms with E-state index in [0.29, 0.717) is 0 Å². The summed E-state index contributed by atoms with van der Waals surface area (Å²) in [6, 6.07) is 0. The molecule has 0 aliphatic carbocycles. The van der Waals surface area contributed by atoms with Crippen molar-refractivity contribution in [3.05, 3.63) is 0 Å². The van der Waals surface area contributed by atoms with E-state index in [9.17, 15) is 9.59 Å². The molecule has 4 nitrogen and oxygen atoms in total. The van der Waals surface area contributed by atoms with Gasteiger partial charge in [0, 0.05) is 28.5 Å². The van der Waals surface area contributed by atoms with E-state index in [2.05, 4.69) is 19.9 Å². The normalized spacial score (nSPS) is 7.45. The van der Waals surface area contributed by atoms with Crippen LogP contribution in [-0.4, -0.2) is 25.5 Å². The Balaban J connectivity index is 3.60. The highest BCUT2D eigenvalue weighted by atomic mass is 127. The highest BCUT2D eigenvalue weighted by Gasteiger charge is 2.00. The van der Waals surface area contributed by atoms with E-state index in [1.165, 1.54) is 7.11 Å². The zero-order chi connectivity index (χ0) is 8.69. The molecule has 11 heavy (non-hydrogen) atoms. The third kappa shape index (κ3) is 5.66. The second-order valence-corrected chi connectivity index (χ2v) is 2.02. The van der Waals surface area contributed by atoms with Crippen LogP contribution >= 0.6 is 22.6 Å². The van der Waals surface area contributed by atoms with Crippen LogP contribution in [0.2, 0.25) is 0 Å². The van der Waals surface area contributed by atoms with E-state index in [1.54, 1.807) is 22.6 Å². The van der Waals surface area contributed by atoms with E-state index in [1.807, 2.05) is 0 Å². The number of nitrogens with one attached hydrogen (secondary N) is 1. The van der Waals surface area contributed by atoms with E-state index < -0.39 is 11.9 Å². The summed E-state index contributed by atoms with van der Waals surface area (Å²) in [7, 11) is 1.25. The van der Waals surface area contributed by atoms with Crippen molar-refractivity contribution in [2.45, 2.75) is 0 Å². The smallest absolute Gasteiger partial charge is 0.325 e. The Bertz CT molecular complexity index is 216. The van der Waals surface area contributed by atoms with E-state index in [-0.39, 0.29) is 6.54 Å². The van der Waals surface area contributed by atoms with Crippen molar-refractivity contribution in [2.24, 2.45) is 0 Å². The number of hydrogen-bond donors (Lipinski definition) is 1. The highest BCUT2D eigenvalue weighted by molar-refractivity contribution is 14.1. The summed E-state index contributed by atoms with van der Waals surface area (Å²) in [4.78, 5) is 21.0. The molecule has 0 saturated carbocycles. The van der Waals surface area contributed by atoms with Gasteiger partial charge in [-0.1, -0.05) is 0 Å². The van der Waals surface area contributed by atoms with Crippen molar-refractivity contribution < 1.29 is 14.3 Å². The molecule has 0 fully saturated rings. The fourth-order valence-corrected chi connectivity index (χ4v) is 0.557. The van der Waals surface area contributed by atoms with Gasteiger partial charge in [0.1, 0.15) is 6.54 Å². The van der Waals surface area contributed by atoms with Gasteiger partial charge >= 0.3 is 5.97 Å². The zero-order valence-corrected chi connectivity index (χ0v) is 7.97. The maximum absolute atomic E-state index is 10.6. The third-order valence-electron chi connectivity index (χ3n) is 0.782. The molecule has 1 amide bonds. The van der Waals surface area contributed by atoms with Gasteiger partial charge in [0.2, 0.25) is 0 Å². The number of amides is 1. The lowest BCUT2D eigenvalue weighted by molar-refractivity contribution is -0.140. The molecule has 0 heterocycles. The number of ether oxygens (including phenoxy) is 1. The average molecular weight is 267 g/mol. The predicted molar refractivity (Wildman–Crippen MR) is 46.8 cm³/mol. The van der Waals surface area contributed by atoms with Gasteiger partial charge in [-0.15, -0.1) is 0 Å².